The van der Waals surface area contributed by atoms with Gasteiger partial charge in [-0.15, -0.1) is 0 Å². The maximum absolute atomic E-state index is 5.00. The molecule has 0 fully saturated rings. The average molecular weight is 129 g/mol. The van der Waals surface area contributed by atoms with Gasteiger partial charge < -0.3 is 16.6 Å². The van der Waals surface area contributed by atoms with Crippen molar-refractivity contribution >= 4 is 5.84 Å². The third kappa shape index (κ3) is 2.00. The summed E-state index contributed by atoms with van der Waals surface area (Å²) in [4.78, 5) is 0. The average Bonchev–Trinajstić information content (AvgIpc) is 1.90. The number of amidine groups is 1. The SMILES string of the molecule is C=C(NC)/C(=N/N)NN. The van der Waals surface area contributed by atoms with Gasteiger partial charge in [-0.05, 0) is 0 Å². The van der Waals surface area contributed by atoms with Crippen molar-refractivity contribution in [1.82, 2.24) is 10.7 Å². The number of hydrazone groups is 1. The molecule has 0 saturated heterocycles. The molecule has 0 bridgehead atoms. The Morgan fingerprint density at radius 3 is 2.33 bits per heavy atom. The first-order valence-electron chi connectivity index (χ1n) is 2.37. The molecule has 0 rings (SSSR count). The molecule has 0 amide bonds. The highest BCUT2D eigenvalue weighted by atomic mass is 15.3. The van der Waals surface area contributed by atoms with Crippen LogP contribution in [0.3, 0.4) is 0 Å². The first kappa shape index (κ1) is 7.77. The maximum atomic E-state index is 5.00. The molecular formula is C4H11N5. The molecule has 0 aliphatic rings. The van der Waals surface area contributed by atoms with E-state index < -0.39 is 0 Å². The third-order valence-corrected chi connectivity index (χ3v) is 0.853. The zero-order valence-electron chi connectivity index (χ0n) is 5.31. The van der Waals surface area contributed by atoms with Gasteiger partial charge >= 0.3 is 0 Å². The van der Waals surface area contributed by atoms with Crippen LogP contribution >= 0.6 is 0 Å². The van der Waals surface area contributed by atoms with E-state index >= 15 is 0 Å². The van der Waals surface area contributed by atoms with Crippen LogP contribution in [0.25, 0.3) is 0 Å². The molecule has 0 spiro atoms. The van der Waals surface area contributed by atoms with Crippen molar-refractivity contribution in [2.45, 2.75) is 0 Å². The number of nitrogens with two attached hydrogens (primary N) is 2. The molecule has 0 radical (unpaired) electrons. The quantitative estimate of drug-likeness (QED) is 0.157. The Balaban J connectivity index is 3.97. The van der Waals surface area contributed by atoms with Crippen LogP contribution in [-0.4, -0.2) is 12.9 Å². The molecular weight excluding hydrogens is 118 g/mol. The van der Waals surface area contributed by atoms with Gasteiger partial charge in [0.1, 0.15) is 0 Å². The van der Waals surface area contributed by atoms with Gasteiger partial charge in [0.15, 0.2) is 5.84 Å². The van der Waals surface area contributed by atoms with Crippen molar-refractivity contribution in [3.8, 4) is 0 Å². The third-order valence-electron chi connectivity index (χ3n) is 0.853. The number of nitrogens with one attached hydrogen (secondary N) is 2. The topological polar surface area (TPSA) is 88.5 Å². The lowest BCUT2D eigenvalue weighted by molar-refractivity contribution is 0.953. The van der Waals surface area contributed by atoms with Crippen LogP contribution < -0.4 is 22.4 Å². The van der Waals surface area contributed by atoms with E-state index in [9.17, 15) is 0 Å². The van der Waals surface area contributed by atoms with Crippen LogP contribution in [0.1, 0.15) is 0 Å². The van der Waals surface area contributed by atoms with E-state index in [1.165, 1.54) is 0 Å². The lowest BCUT2D eigenvalue weighted by Crippen LogP contribution is -2.35. The summed E-state index contributed by atoms with van der Waals surface area (Å²) in [6.07, 6.45) is 0. The van der Waals surface area contributed by atoms with Crippen LogP contribution in [0.15, 0.2) is 17.4 Å². The first-order chi connectivity index (χ1) is 4.26. The largest absolute Gasteiger partial charge is 0.386 e. The fourth-order valence-electron chi connectivity index (χ4n) is 0.321. The summed E-state index contributed by atoms with van der Waals surface area (Å²) in [6.45, 7) is 3.55. The second-order valence-corrected chi connectivity index (χ2v) is 1.35. The minimum Gasteiger partial charge on any atom is -0.386 e. The summed E-state index contributed by atoms with van der Waals surface area (Å²) in [6, 6.07) is 0. The standard InChI is InChI=1S/C4H11N5/c1-3(7-2)4(8-5)9-6/h7H,1,5-6H2,2H3,(H,8,9). The Hall–Kier alpha value is -1.23. The van der Waals surface area contributed by atoms with E-state index in [2.05, 4.69) is 22.4 Å². The van der Waals surface area contributed by atoms with Gasteiger partial charge in [-0.2, -0.15) is 5.10 Å². The van der Waals surface area contributed by atoms with E-state index in [0.717, 1.165) is 0 Å². The summed E-state index contributed by atoms with van der Waals surface area (Å²) >= 11 is 0. The Morgan fingerprint density at radius 2 is 2.22 bits per heavy atom. The number of hydrogen-bond acceptors (Lipinski definition) is 4. The van der Waals surface area contributed by atoms with Crippen molar-refractivity contribution in [3.05, 3.63) is 12.3 Å². The number of hydrazine groups is 1. The second-order valence-electron chi connectivity index (χ2n) is 1.35. The highest BCUT2D eigenvalue weighted by Crippen LogP contribution is 1.79. The van der Waals surface area contributed by atoms with Gasteiger partial charge in [0.05, 0.1) is 5.70 Å². The van der Waals surface area contributed by atoms with Crippen LogP contribution in [0, 0.1) is 0 Å². The Morgan fingerprint density at radius 1 is 1.67 bits per heavy atom. The molecule has 52 valence electrons. The molecule has 0 atom stereocenters. The zero-order chi connectivity index (χ0) is 7.28. The van der Waals surface area contributed by atoms with E-state index in [1.807, 2.05) is 0 Å². The van der Waals surface area contributed by atoms with Crippen molar-refractivity contribution in [2.24, 2.45) is 16.8 Å². The molecule has 6 N–H and O–H groups in total. The molecule has 0 aromatic carbocycles. The summed E-state index contributed by atoms with van der Waals surface area (Å²) in [5, 5.41) is 6.01. The monoisotopic (exact) mass is 129 g/mol. The van der Waals surface area contributed by atoms with Gasteiger partial charge in [-0.25, -0.2) is 5.84 Å². The van der Waals surface area contributed by atoms with Gasteiger partial charge in [0.25, 0.3) is 0 Å². The van der Waals surface area contributed by atoms with Crippen molar-refractivity contribution in [1.29, 1.82) is 0 Å². The first-order valence-corrected chi connectivity index (χ1v) is 2.37. The molecule has 0 saturated carbocycles. The predicted octanol–water partition coefficient (Wildman–Crippen LogP) is -1.54. The van der Waals surface area contributed by atoms with Crippen molar-refractivity contribution in [2.75, 3.05) is 7.05 Å². The number of nitrogens with zero attached hydrogens (tertiary/aromatic N) is 1. The molecule has 0 aromatic heterocycles. The van der Waals surface area contributed by atoms with Crippen LogP contribution in [0.4, 0.5) is 0 Å². The predicted molar refractivity (Wildman–Crippen MR) is 37.1 cm³/mol. The maximum Gasteiger partial charge on any atom is 0.182 e. The smallest absolute Gasteiger partial charge is 0.182 e. The zero-order valence-corrected chi connectivity index (χ0v) is 5.31. The van der Waals surface area contributed by atoms with Crippen molar-refractivity contribution < 1.29 is 0 Å². The summed E-state index contributed by atoms with van der Waals surface area (Å²) < 4.78 is 0. The van der Waals surface area contributed by atoms with Gasteiger partial charge in [-0.1, -0.05) is 6.58 Å². The lowest BCUT2D eigenvalue weighted by atomic mass is 10.4. The molecule has 0 heterocycles. The number of likely N-dealkylation sites (N-methyl/N-ethyl adjacent to an activating group) is 1. The molecule has 0 aliphatic carbocycles. The van der Waals surface area contributed by atoms with E-state index in [4.69, 9.17) is 11.7 Å². The summed E-state index contributed by atoms with van der Waals surface area (Å²) in [5.41, 5.74) is 2.82. The fourth-order valence-corrected chi connectivity index (χ4v) is 0.321. The summed E-state index contributed by atoms with van der Waals surface area (Å²) in [7, 11) is 1.70. The Labute approximate surface area is 53.8 Å². The van der Waals surface area contributed by atoms with Crippen LogP contribution in [-0.2, 0) is 0 Å². The molecule has 0 aromatic rings. The Kier molecular flexibility index (Phi) is 3.22. The van der Waals surface area contributed by atoms with Crippen molar-refractivity contribution in [3.63, 3.8) is 0 Å². The van der Waals surface area contributed by atoms with Gasteiger partial charge in [-0.3, -0.25) is 0 Å². The van der Waals surface area contributed by atoms with Crippen LogP contribution in [0.2, 0.25) is 0 Å². The number of hydrogen-bond donors (Lipinski definition) is 4. The fraction of sp³-hybridized carbons (Fsp3) is 0.250. The summed E-state index contributed by atoms with van der Waals surface area (Å²) in [5.74, 6) is 10.2. The van der Waals surface area contributed by atoms with E-state index in [1.54, 1.807) is 7.05 Å². The molecule has 9 heavy (non-hydrogen) atoms. The second kappa shape index (κ2) is 3.73. The molecule has 0 unspecified atom stereocenters. The highest BCUT2D eigenvalue weighted by Gasteiger charge is 1.96. The molecule has 5 nitrogen and oxygen atoms in total. The highest BCUT2D eigenvalue weighted by molar-refractivity contribution is 5.96. The van der Waals surface area contributed by atoms with Gasteiger partial charge in [0, 0.05) is 7.05 Å². The molecule has 0 aliphatic heterocycles. The number of rotatable bonds is 2. The lowest BCUT2D eigenvalue weighted by Gasteiger charge is -2.04. The van der Waals surface area contributed by atoms with E-state index in [-0.39, 0.29) is 0 Å². The van der Waals surface area contributed by atoms with Gasteiger partial charge in [0.2, 0.25) is 0 Å². The normalized spacial score (nSPS) is 10.7. The van der Waals surface area contributed by atoms with Crippen LogP contribution in [0.5, 0.6) is 0 Å². The Bertz CT molecular complexity index is 127. The minimum absolute atomic E-state index is 0.345. The molecule has 5 heteroatoms. The van der Waals surface area contributed by atoms with E-state index in [0.29, 0.717) is 11.5 Å². The minimum atomic E-state index is 0.345.